The monoisotopic (exact) mass is 158 g/mol. The maximum absolute atomic E-state index is 3.95. The Morgan fingerprint density at radius 3 is 1.17 bits per heavy atom. The summed E-state index contributed by atoms with van der Waals surface area (Å²) >= 11 is 0. The van der Waals surface area contributed by atoms with Crippen LogP contribution >= 0.6 is 0 Å². The lowest BCUT2D eigenvalue weighted by Crippen LogP contribution is -2.04. The topological polar surface area (TPSA) is 51.6 Å². The first-order chi connectivity index (χ1) is 5.79. The summed E-state index contributed by atoms with van der Waals surface area (Å²) in [5.74, 6) is 0. The lowest BCUT2D eigenvalue weighted by Gasteiger charge is -2.10. The minimum atomic E-state index is 0.920. The van der Waals surface area contributed by atoms with E-state index in [0.717, 1.165) is 22.1 Å². The lowest BCUT2D eigenvalue weighted by atomic mass is 10.0. The number of aryl methyl sites for hydroxylation is 2. The Bertz CT molecular complexity index is 495. The highest BCUT2D eigenvalue weighted by molar-refractivity contribution is 6.05. The molecule has 2 heterocycles. The van der Waals surface area contributed by atoms with Gasteiger partial charge < -0.3 is 0 Å². The number of aromatic nitrogens is 4. The predicted octanol–water partition coefficient (Wildman–Crippen LogP) is 1.07. The fourth-order valence-corrected chi connectivity index (χ4v) is 1.48. The number of hydrogen-bond donors (Lipinski definition) is 0. The molecule has 0 saturated heterocycles. The first-order valence-electron chi connectivity index (χ1n) is 3.79. The van der Waals surface area contributed by atoms with Gasteiger partial charge in [-0.05, 0) is 25.0 Å². The zero-order valence-electron chi connectivity index (χ0n) is 6.79. The minimum Gasteiger partial charge on any atom is -0.148 e. The van der Waals surface area contributed by atoms with Crippen molar-refractivity contribution in [3.63, 3.8) is 0 Å². The van der Waals surface area contributed by atoms with Crippen LogP contribution in [0.15, 0.2) is 0 Å². The summed E-state index contributed by atoms with van der Waals surface area (Å²) in [5, 5.41) is 15.7. The van der Waals surface area contributed by atoms with Crippen LogP contribution in [0.5, 0.6) is 0 Å². The second-order valence-electron chi connectivity index (χ2n) is 3.04. The predicted molar refractivity (Wildman–Crippen MR) is 44.5 cm³/mol. The smallest absolute Gasteiger partial charge is 0.143 e. The van der Waals surface area contributed by atoms with E-state index in [4.69, 9.17) is 0 Å². The van der Waals surface area contributed by atoms with Crippen molar-refractivity contribution in [1.29, 1.82) is 0 Å². The van der Waals surface area contributed by atoms with Crippen molar-refractivity contribution in [2.24, 2.45) is 0 Å². The second kappa shape index (κ2) is 1.60. The van der Waals surface area contributed by atoms with E-state index in [1.807, 2.05) is 13.8 Å². The number of rotatable bonds is 0. The Hall–Kier alpha value is -1.58. The number of fused-ring (bicyclic) bond motifs is 3. The molecule has 0 radical (unpaired) electrons. The first-order valence-corrected chi connectivity index (χ1v) is 3.79. The van der Waals surface area contributed by atoms with Crippen molar-refractivity contribution < 1.29 is 0 Å². The molecule has 0 bridgehead atoms. The lowest BCUT2D eigenvalue weighted by molar-refractivity contribution is 1.01. The summed E-state index contributed by atoms with van der Waals surface area (Å²) in [6, 6.07) is 0. The Kier molecular flexibility index (Phi) is 0.800. The molecular weight excluding hydrogens is 152 g/mol. The Balaban J connectivity index is 2.64. The van der Waals surface area contributed by atoms with E-state index in [1.54, 1.807) is 0 Å². The largest absolute Gasteiger partial charge is 0.148 e. The van der Waals surface area contributed by atoms with Gasteiger partial charge in [0, 0.05) is 0 Å². The van der Waals surface area contributed by atoms with E-state index in [-0.39, 0.29) is 0 Å². The molecule has 3 rings (SSSR count). The maximum Gasteiger partial charge on any atom is 0.143 e. The molecule has 4 heteroatoms. The minimum absolute atomic E-state index is 0.920. The molecule has 0 saturated carbocycles. The van der Waals surface area contributed by atoms with E-state index in [2.05, 4.69) is 20.4 Å². The van der Waals surface area contributed by atoms with Gasteiger partial charge in [-0.1, -0.05) is 0 Å². The average molecular weight is 158 g/mol. The molecule has 0 N–H and O–H groups in total. The summed E-state index contributed by atoms with van der Waals surface area (Å²) < 4.78 is 0. The van der Waals surface area contributed by atoms with E-state index in [1.165, 1.54) is 11.1 Å². The van der Waals surface area contributed by atoms with Crippen molar-refractivity contribution in [1.82, 2.24) is 20.4 Å². The third-order valence-electron chi connectivity index (χ3n) is 2.45. The van der Waals surface area contributed by atoms with Gasteiger partial charge in [-0.3, -0.25) is 0 Å². The number of benzene rings is 1. The number of hydrogen-bond acceptors (Lipinski definition) is 4. The van der Waals surface area contributed by atoms with Crippen molar-refractivity contribution in [3.8, 4) is 0 Å². The van der Waals surface area contributed by atoms with Crippen LogP contribution in [0.1, 0.15) is 11.1 Å². The molecular formula is C8H6N4. The van der Waals surface area contributed by atoms with Crippen molar-refractivity contribution in [2.45, 2.75) is 13.8 Å². The highest BCUT2D eigenvalue weighted by Gasteiger charge is 2.17. The van der Waals surface area contributed by atoms with Crippen molar-refractivity contribution >= 4 is 22.1 Å². The molecule has 2 aromatic heterocycles. The summed E-state index contributed by atoms with van der Waals surface area (Å²) in [5.41, 5.74) is 6.18. The van der Waals surface area contributed by atoms with E-state index in [0.29, 0.717) is 0 Å². The maximum atomic E-state index is 3.95. The van der Waals surface area contributed by atoms with Crippen LogP contribution in [0.4, 0.5) is 0 Å². The zero-order chi connectivity index (χ0) is 8.29. The van der Waals surface area contributed by atoms with Crippen LogP contribution in [-0.4, -0.2) is 20.4 Å². The third-order valence-corrected chi connectivity index (χ3v) is 2.45. The molecule has 0 aliphatic carbocycles. The summed E-state index contributed by atoms with van der Waals surface area (Å²) in [6.45, 7) is 4.08. The van der Waals surface area contributed by atoms with Gasteiger partial charge >= 0.3 is 0 Å². The standard InChI is InChI=1S/C8H6N4/c1-3-4(2)6-8(12-10-6)7-5(3)9-11-7/h1-2H3. The zero-order valence-corrected chi connectivity index (χ0v) is 6.79. The van der Waals surface area contributed by atoms with Gasteiger partial charge in [0.2, 0.25) is 0 Å². The van der Waals surface area contributed by atoms with Gasteiger partial charge in [0.1, 0.15) is 22.1 Å². The molecule has 0 aliphatic rings. The first kappa shape index (κ1) is 5.99. The molecule has 0 atom stereocenters. The van der Waals surface area contributed by atoms with Crippen LogP contribution in [0, 0.1) is 13.8 Å². The van der Waals surface area contributed by atoms with Gasteiger partial charge in [-0.2, -0.15) is 0 Å². The molecule has 0 unspecified atom stereocenters. The molecule has 0 amide bonds. The van der Waals surface area contributed by atoms with Gasteiger partial charge in [0.05, 0.1) is 0 Å². The Morgan fingerprint density at radius 1 is 0.583 bits per heavy atom. The van der Waals surface area contributed by atoms with Crippen LogP contribution in [0.2, 0.25) is 0 Å². The molecule has 58 valence electrons. The van der Waals surface area contributed by atoms with E-state index >= 15 is 0 Å². The van der Waals surface area contributed by atoms with Crippen molar-refractivity contribution in [2.75, 3.05) is 0 Å². The Morgan fingerprint density at radius 2 is 0.917 bits per heavy atom. The molecule has 1 aromatic carbocycles. The van der Waals surface area contributed by atoms with Gasteiger partial charge in [0.25, 0.3) is 0 Å². The molecule has 4 nitrogen and oxygen atoms in total. The van der Waals surface area contributed by atoms with Gasteiger partial charge in [-0.15, -0.1) is 20.4 Å². The van der Waals surface area contributed by atoms with Gasteiger partial charge in [0.15, 0.2) is 0 Å². The van der Waals surface area contributed by atoms with E-state index in [9.17, 15) is 0 Å². The summed E-state index contributed by atoms with van der Waals surface area (Å²) in [6.07, 6.45) is 0. The highest BCUT2D eigenvalue weighted by atomic mass is 15.2. The second-order valence-corrected chi connectivity index (χ2v) is 3.04. The quantitative estimate of drug-likeness (QED) is 0.491. The summed E-state index contributed by atoms with van der Waals surface area (Å²) in [7, 11) is 0. The van der Waals surface area contributed by atoms with Crippen LogP contribution < -0.4 is 0 Å². The van der Waals surface area contributed by atoms with Gasteiger partial charge in [-0.25, -0.2) is 0 Å². The van der Waals surface area contributed by atoms with Crippen LogP contribution in [0.3, 0.4) is 0 Å². The van der Waals surface area contributed by atoms with Crippen LogP contribution in [0.25, 0.3) is 22.1 Å². The molecule has 3 aromatic rings. The molecule has 0 spiro atoms. The fraction of sp³-hybridized carbons (Fsp3) is 0.250. The Labute approximate surface area is 68.3 Å². The average Bonchev–Trinajstić information content (AvgIpc) is 1.93. The molecule has 0 aliphatic heterocycles. The molecule has 12 heavy (non-hydrogen) atoms. The SMILES string of the molecule is Cc1c(C)c2nnc2c2nnc12. The number of nitrogens with zero attached hydrogens (tertiary/aromatic N) is 4. The van der Waals surface area contributed by atoms with Crippen molar-refractivity contribution in [3.05, 3.63) is 11.1 Å². The van der Waals surface area contributed by atoms with E-state index < -0.39 is 0 Å². The van der Waals surface area contributed by atoms with Crippen LogP contribution in [-0.2, 0) is 0 Å². The third kappa shape index (κ3) is 0.441. The highest BCUT2D eigenvalue weighted by Crippen LogP contribution is 2.28. The normalized spacial score (nSPS) is 12.2. The summed E-state index contributed by atoms with van der Waals surface area (Å²) in [4.78, 5) is 0. The molecule has 0 fully saturated rings. The fourth-order valence-electron chi connectivity index (χ4n) is 1.48.